The molecule has 0 N–H and O–H groups in total. The van der Waals surface area contributed by atoms with Crippen LogP contribution in [0.1, 0.15) is 26.2 Å². The Bertz CT molecular complexity index is 110. The Morgan fingerprint density at radius 1 is 1.33 bits per heavy atom. The van der Waals surface area contributed by atoms with Crippen LogP contribution in [0.5, 0.6) is 0 Å². The molecule has 1 saturated heterocycles. The summed E-state index contributed by atoms with van der Waals surface area (Å²) in [5.41, 5.74) is 0. The van der Waals surface area contributed by atoms with Gasteiger partial charge in [0.1, 0.15) is 0 Å². The van der Waals surface area contributed by atoms with Gasteiger partial charge in [-0.15, -0.1) is 0 Å². The van der Waals surface area contributed by atoms with Gasteiger partial charge in [-0.25, -0.2) is 0 Å². The van der Waals surface area contributed by atoms with Crippen LogP contribution < -0.4 is 0 Å². The van der Waals surface area contributed by atoms with Gasteiger partial charge in [-0.05, 0) is 50.3 Å². The summed E-state index contributed by atoms with van der Waals surface area (Å²) in [5, 5.41) is 0. The lowest BCUT2D eigenvalue weighted by atomic mass is 10.0. The number of nitrogens with zero attached hydrogens (tertiary/aromatic N) is 1. The molecular weight excluding hydrogens is 166 g/mol. The third-order valence-electron chi connectivity index (χ3n) is 2.52. The molecule has 0 spiro atoms. The van der Waals surface area contributed by atoms with Crippen molar-refractivity contribution in [2.45, 2.75) is 26.2 Å². The third-order valence-corrected chi connectivity index (χ3v) is 3.56. The zero-order valence-electron chi connectivity index (χ0n) is 8.38. The van der Waals surface area contributed by atoms with E-state index in [2.05, 4.69) is 30.6 Å². The van der Waals surface area contributed by atoms with Gasteiger partial charge in [0.25, 0.3) is 0 Å². The maximum Gasteiger partial charge on any atom is 0.000719 e. The minimum atomic E-state index is 0.989. The molecule has 0 unspecified atom stereocenters. The third kappa shape index (κ3) is 3.81. The molecule has 1 rings (SSSR count). The molecule has 0 aromatic carbocycles. The Labute approximate surface area is 80.9 Å². The van der Waals surface area contributed by atoms with Gasteiger partial charge in [0.05, 0.1) is 0 Å². The van der Waals surface area contributed by atoms with Crippen LogP contribution in [-0.2, 0) is 0 Å². The van der Waals surface area contributed by atoms with E-state index in [1.54, 1.807) is 0 Å². The van der Waals surface area contributed by atoms with Crippen molar-refractivity contribution >= 4 is 11.8 Å². The van der Waals surface area contributed by atoms with Crippen LogP contribution in [0.25, 0.3) is 0 Å². The monoisotopic (exact) mass is 187 g/mol. The zero-order chi connectivity index (χ0) is 8.81. The van der Waals surface area contributed by atoms with Gasteiger partial charge in [-0.1, -0.05) is 6.92 Å². The molecular formula is C10H21NS. The summed E-state index contributed by atoms with van der Waals surface area (Å²) in [4.78, 5) is 2.49. The van der Waals surface area contributed by atoms with E-state index in [9.17, 15) is 0 Å². The predicted molar refractivity (Wildman–Crippen MR) is 57.8 cm³/mol. The Hall–Kier alpha value is 0.310. The van der Waals surface area contributed by atoms with Crippen LogP contribution in [0.3, 0.4) is 0 Å². The van der Waals surface area contributed by atoms with Crippen molar-refractivity contribution in [3.05, 3.63) is 0 Å². The Morgan fingerprint density at radius 2 is 2.00 bits per heavy atom. The van der Waals surface area contributed by atoms with E-state index >= 15 is 0 Å². The van der Waals surface area contributed by atoms with E-state index in [0.717, 1.165) is 5.92 Å². The van der Waals surface area contributed by atoms with Crippen LogP contribution in [0.2, 0.25) is 0 Å². The molecule has 1 aliphatic heterocycles. The minimum absolute atomic E-state index is 0.989. The molecule has 0 aromatic rings. The molecule has 12 heavy (non-hydrogen) atoms. The van der Waals surface area contributed by atoms with Crippen molar-refractivity contribution in [2.24, 2.45) is 5.92 Å². The van der Waals surface area contributed by atoms with Crippen LogP contribution in [0, 0.1) is 5.92 Å². The molecule has 0 aliphatic carbocycles. The topological polar surface area (TPSA) is 3.24 Å². The quantitative estimate of drug-likeness (QED) is 0.665. The summed E-state index contributed by atoms with van der Waals surface area (Å²) in [6.07, 6.45) is 4.18. The maximum atomic E-state index is 2.49. The first kappa shape index (κ1) is 10.4. The average molecular weight is 187 g/mol. The van der Waals surface area contributed by atoms with Crippen LogP contribution in [0.4, 0.5) is 0 Å². The second-order valence-corrected chi connectivity index (χ2v) is 5.04. The van der Waals surface area contributed by atoms with Crippen molar-refractivity contribution in [1.29, 1.82) is 0 Å². The Kier molecular flexibility index (Phi) is 5.08. The normalized spacial score (nSPS) is 20.2. The van der Waals surface area contributed by atoms with E-state index in [1.807, 2.05) is 0 Å². The highest BCUT2D eigenvalue weighted by atomic mass is 32.2. The molecule has 0 aromatic heterocycles. The van der Waals surface area contributed by atoms with E-state index in [0.29, 0.717) is 0 Å². The van der Waals surface area contributed by atoms with Crippen molar-refractivity contribution < 1.29 is 0 Å². The molecule has 0 bridgehead atoms. The smallest absolute Gasteiger partial charge is 0.000719 e. The fraction of sp³-hybridized carbons (Fsp3) is 1.00. The Morgan fingerprint density at radius 3 is 2.58 bits per heavy atom. The van der Waals surface area contributed by atoms with Gasteiger partial charge in [-0.3, -0.25) is 0 Å². The lowest BCUT2D eigenvalue weighted by Crippen LogP contribution is -2.28. The molecule has 72 valence electrons. The van der Waals surface area contributed by atoms with Crippen LogP contribution in [-0.4, -0.2) is 36.5 Å². The Balaban J connectivity index is 2.11. The van der Waals surface area contributed by atoms with Gasteiger partial charge < -0.3 is 4.90 Å². The van der Waals surface area contributed by atoms with Gasteiger partial charge in [0.2, 0.25) is 0 Å². The van der Waals surface area contributed by atoms with Crippen LogP contribution >= 0.6 is 11.8 Å². The summed E-state index contributed by atoms with van der Waals surface area (Å²) in [7, 11) is 2.26. The molecule has 1 fully saturated rings. The van der Waals surface area contributed by atoms with Gasteiger partial charge >= 0.3 is 0 Å². The number of thioether (sulfide) groups is 1. The summed E-state index contributed by atoms with van der Waals surface area (Å²) in [6, 6.07) is 0. The summed E-state index contributed by atoms with van der Waals surface area (Å²) in [6.45, 7) is 4.85. The summed E-state index contributed by atoms with van der Waals surface area (Å²) >= 11 is 2.12. The number of hydrogen-bond donors (Lipinski definition) is 0. The van der Waals surface area contributed by atoms with Crippen molar-refractivity contribution in [3.63, 3.8) is 0 Å². The molecule has 1 aliphatic rings. The minimum Gasteiger partial charge on any atom is -0.306 e. The SMILES string of the molecule is CCCN(C)CC1CCSCC1. The molecule has 1 nitrogen and oxygen atoms in total. The molecule has 0 amide bonds. The van der Waals surface area contributed by atoms with Crippen molar-refractivity contribution in [3.8, 4) is 0 Å². The highest BCUT2D eigenvalue weighted by Crippen LogP contribution is 2.22. The number of rotatable bonds is 4. The van der Waals surface area contributed by atoms with E-state index < -0.39 is 0 Å². The second-order valence-electron chi connectivity index (χ2n) is 3.82. The predicted octanol–water partition coefficient (Wildman–Crippen LogP) is 2.47. The van der Waals surface area contributed by atoms with E-state index in [-0.39, 0.29) is 0 Å². The highest BCUT2D eigenvalue weighted by molar-refractivity contribution is 7.99. The maximum absolute atomic E-state index is 2.49. The zero-order valence-corrected chi connectivity index (χ0v) is 9.20. The van der Waals surface area contributed by atoms with Crippen molar-refractivity contribution in [2.75, 3.05) is 31.6 Å². The van der Waals surface area contributed by atoms with Gasteiger partial charge in [0, 0.05) is 6.54 Å². The van der Waals surface area contributed by atoms with Gasteiger partial charge in [-0.2, -0.15) is 11.8 Å². The van der Waals surface area contributed by atoms with Crippen molar-refractivity contribution in [1.82, 2.24) is 4.90 Å². The molecule has 2 heteroatoms. The highest BCUT2D eigenvalue weighted by Gasteiger charge is 2.14. The summed E-state index contributed by atoms with van der Waals surface area (Å²) < 4.78 is 0. The lowest BCUT2D eigenvalue weighted by Gasteiger charge is -2.26. The first-order valence-corrected chi connectivity index (χ1v) is 6.24. The number of hydrogen-bond acceptors (Lipinski definition) is 2. The van der Waals surface area contributed by atoms with E-state index in [4.69, 9.17) is 0 Å². The van der Waals surface area contributed by atoms with Gasteiger partial charge in [0.15, 0.2) is 0 Å². The average Bonchev–Trinajstić information content (AvgIpc) is 2.06. The summed E-state index contributed by atoms with van der Waals surface area (Å²) in [5.74, 6) is 3.78. The molecule has 0 saturated carbocycles. The second kappa shape index (κ2) is 5.87. The lowest BCUT2D eigenvalue weighted by molar-refractivity contribution is 0.267. The van der Waals surface area contributed by atoms with E-state index in [1.165, 1.54) is 43.9 Å². The largest absolute Gasteiger partial charge is 0.306 e. The molecule has 0 radical (unpaired) electrons. The first-order valence-electron chi connectivity index (χ1n) is 5.09. The molecule has 0 atom stereocenters. The van der Waals surface area contributed by atoms with Crippen LogP contribution in [0.15, 0.2) is 0 Å². The molecule has 1 heterocycles. The fourth-order valence-corrected chi connectivity index (χ4v) is 3.05. The standard InChI is InChI=1S/C10H21NS/c1-3-6-11(2)9-10-4-7-12-8-5-10/h10H,3-9H2,1-2H3. The first-order chi connectivity index (χ1) is 5.83. The fourth-order valence-electron chi connectivity index (χ4n) is 1.84.